The molecular formula is C17H20F2O3. The molecule has 2 saturated carbocycles. The Morgan fingerprint density at radius 3 is 2.50 bits per heavy atom. The van der Waals surface area contributed by atoms with E-state index in [1.54, 1.807) is 0 Å². The van der Waals surface area contributed by atoms with E-state index in [2.05, 4.69) is 0 Å². The molecule has 0 aliphatic heterocycles. The van der Waals surface area contributed by atoms with Gasteiger partial charge in [0.05, 0.1) is 12.0 Å². The van der Waals surface area contributed by atoms with E-state index in [-0.39, 0.29) is 11.3 Å². The fourth-order valence-electron chi connectivity index (χ4n) is 3.30. The molecule has 5 heteroatoms. The predicted octanol–water partition coefficient (Wildman–Crippen LogP) is 4.04. The van der Waals surface area contributed by atoms with E-state index in [0.29, 0.717) is 25.4 Å². The third-order valence-corrected chi connectivity index (χ3v) is 4.80. The molecule has 120 valence electrons. The molecule has 0 radical (unpaired) electrons. The molecule has 1 aromatic rings. The van der Waals surface area contributed by atoms with Gasteiger partial charge in [-0.3, -0.25) is 4.79 Å². The molecule has 0 saturated heterocycles. The van der Waals surface area contributed by atoms with Crippen molar-refractivity contribution in [3.63, 3.8) is 0 Å². The van der Waals surface area contributed by atoms with Crippen LogP contribution in [-0.4, -0.2) is 17.7 Å². The van der Waals surface area contributed by atoms with Crippen molar-refractivity contribution in [3.05, 3.63) is 29.3 Å². The minimum absolute atomic E-state index is 0.0717. The molecule has 1 aromatic carbocycles. The number of halogens is 2. The molecule has 0 amide bonds. The predicted molar refractivity (Wildman–Crippen MR) is 77.0 cm³/mol. The highest BCUT2D eigenvalue weighted by molar-refractivity contribution is 5.82. The molecule has 2 aliphatic carbocycles. The van der Waals surface area contributed by atoms with Gasteiger partial charge in [-0.25, -0.2) is 8.78 Å². The zero-order valence-electron chi connectivity index (χ0n) is 12.4. The lowest BCUT2D eigenvalue weighted by Gasteiger charge is -2.34. The average molecular weight is 310 g/mol. The van der Waals surface area contributed by atoms with Crippen LogP contribution in [-0.2, 0) is 10.2 Å². The van der Waals surface area contributed by atoms with E-state index >= 15 is 0 Å². The number of carboxylic acid groups (broad SMARTS) is 1. The summed E-state index contributed by atoms with van der Waals surface area (Å²) in [7, 11) is 0. The lowest BCUT2D eigenvalue weighted by Crippen LogP contribution is -2.38. The van der Waals surface area contributed by atoms with Crippen LogP contribution in [0.4, 0.5) is 8.78 Å². The summed E-state index contributed by atoms with van der Waals surface area (Å²) in [6, 6.07) is 1.91. The minimum atomic E-state index is -1.24. The molecule has 0 aromatic heterocycles. The first-order valence-corrected chi connectivity index (χ1v) is 7.89. The standard InChI is InChI=1S/C17H20F2O3/c18-12-8-13(17(16(20)21)6-2-1-3-7-17)15(14(19)9-12)22-10-11-4-5-11/h8-9,11H,1-7,10H2,(H,20,21). The number of hydrogen-bond donors (Lipinski definition) is 1. The van der Waals surface area contributed by atoms with E-state index < -0.39 is 23.0 Å². The molecule has 0 heterocycles. The highest BCUT2D eigenvalue weighted by atomic mass is 19.1. The van der Waals surface area contributed by atoms with Crippen molar-refractivity contribution in [2.75, 3.05) is 6.61 Å². The van der Waals surface area contributed by atoms with Crippen LogP contribution in [0.25, 0.3) is 0 Å². The van der Waals surface area contributed by atoms with Crippen LogP contribution in [0, 0.1) is 17.6 Å². The fraction of sp³-hybridized carbons (Fsp3) is 0.588. The SMILES string of the molecule is O=C(O)C1(c2cc(F)cc(F)c2OCC2CC2)CCCCC1. The van der Waals surface area contributed by atoms with Gasteiger partial charge in [-0.15, -0.1) is 0 Å². The van der Waals surface area contributed by atoms with Crippen LogP contribution in [0.2, 0.25) is 0 Å². The Morgan fingerprint density at radius 2 is 1.91 bits per heavy atom. The Bertz CT molecular complexity index is 576. The van der Waals surface area contributed by atoms with Crippen molar-refractivity contribution in [3.8, 4) is 5.75 Å². The zero-order chi connectivity index (χ0) is 15.7. The Labute approximate surface area is 128 Å². The second kappa shape index (κ2) is 5.86. The number of aliphatic carboxylic acids is 1. The van der Waals surface area contributed by atoms with E-state index in [1.165, 1.54) is 0 Å². The molecule has 0 spiro atoms. The van der Waals surface area contributed by atoms with Gasteiger partial charge in [-0.1, -0.05) is 19.3 Å². The maximum Gasteiger partial charge on any atom is 0.314 e. The molecule has 3 rings (SSSR count). The van der Waals surface area contributed by atoms with Gasteiger partial charge in [-0.2, -0.15) is 0 Å². The molecular weight excluding hydrogens is 290 g/mol. The van der Waals surface area contributed by atoms with Gasteiger partial charge in [0.1, 0.15) is 5.82 Å². The van der Waals surface area contributed by atoms with Crippen LogP contribution in [0.1, 0.15) is 50.5 Å². The first-order chi connectivity index (χ1) is 10.5. The largest absolute Gasteiger partial charge is 0.490 e. The summed E-state index contributed by atoms with van der Waals surface area (Å²) >= 11 is 0. The third-order valence-electron chi connectivity index (χ3n) is 4.80. The van der Waals surface area contributed by atoms with Crippen molar-refractivity contribution < 1.29 is 23.4 Å². The lowest BCUT2D eigenvalue weighted by molar-refractivity contribution is -0.145. The number of carboxylic acids is 1. The van der Waals surface area contributed by atoms with Gasteiger partial charge in [0.2, 0.25) is 0 Å². The number of carbonyl (C=O) groups is 1. The summed E-state index contributed by atoms with van der Waals surface area (Å²) in [5.41, 5.74) is -1.07. The number of hydrogen-bond acceptors (Lipinski definition) is 2. The van der Waals surface area contributed by atoms with E-state index in [0.717, 1.165) is 44.2 Å². The van der Waals surface area contributed by atoms with Crippen LogP contribution < -0.4 is 4.74 Å². The molecule has 0 atom stereocenters. The normalized spacial score (nSPS) is 20.6. The van der Waals surface area contributed by atoms with Gasteiger partial charge in [0, 0.05) is 11.6 Å². The van der Waals surface area contributed by atoms with Crippen LogP contribution >= 0.6 is 0 Å². The van der Waals surface area contributed by atoms with Gasteiger partial charge in [-0.05, 0) is 37.7 Å². The van der Waals surface area contributed by atoms with Gasteiger partial charge >= 0.3 is 5.97 Å². The summed E-state index contributed by atoms with van der Waals surface area (Å²) < 4.78 is 33.5. The smallest absolute Gasteiger partial charge is 0.314 e. The highest BCUT2D eigenvalue weighted by Gasteiger charge is 2.44. The van der Waals surface area contributed by atoms with E-state index in [4.69, 9.17) is 4.74 Å². The van der Waals surface area contributed by atoms with Crippen molar-refractivity contribution in [1.82, 2.24) is 0 Å². The van der Waals surface area contributed by atoms with Crippen molar-refractivity contribution >= 4 is 5.97 Å². The van der Waals surface area contributed by atoms with Gasteiger partial charge in [0.15, 0.2) is 11.6 Å². The molecule has 3 nitrogen and oxygen atoms in total. The third kappa shape index (κ3) is 2.81. The molecule has 2 fully saturated rings. The molecule has 1 N–H and O–H groups in total. The zero-order valence-corrected chi connectivity index (χ0v) is 12.4. The Morgan fingerprint density at radius 1 is 1.23 bits per heavy atom. The second-order valence-corrected chi connectivity index (χ2v) is 6.47. The Hall–Kier alpha value is -1.65. The summed E-state index contributed by atoms with van der Waals surface area (Å²) in [5, 5.41) is 9.74. The number of ether oxygens (including phenoxy) is 1. The Balaban J connectivity index is 2.03. The van der Waals surface area contributed by atoms with E-state index in [9.17, 15) is 18.7 Å². The van der Waals surface area contributed by atoms with Crippen molar-refractivity contribution in [1.29, 1.82) is 0 Å². The highest BCUT2D eigenvalue weighted by Crippen LogP contribution is 2.45. The van der Waals surface area contributed by atoms with Gasteiger partial charge < -0.3 is 9.84 Å². The van der Waals surface area contributed by atoms with Crippen molar-refractivity contribution in [2.45, 2.75) is 50.4 Å². The summed E-state index contributed by atoms with van der Waals surface area (Å²) in [5.74, 6) is -2.24. The van der Waals surface area contributed by atoms with Gasteiger partial charge in [0.25, 0.3) is 0 Å². The van der Waals surface area contributed by atoms with Crippen LogP contribution in [0.3, 0.4) is 0 Å². The summed E-state index contributed by atoms with van der Waals surface area (Å²) in [4.78, 5) is 11.9. The second-order valence-electron chi connectivity index (χ2n) is 6.47. The van der Waals surface area contributed by atoms with Crippen LogP contribution in [0.5, 0.6) is 5.75 Å². The summed E-state index contributed by atoms with van der Waals surface area (Å²) in [6.07, 6.45) is 5.31. The first-order valence-electron chi connectivity index (χ1n) is 7.89. The molecule has 2 aliphatic rings. The lowest BCUT2D eigenvalue weighted by atomic mass is 9.69. The maximum absolute atomic E-state index is 14.2. The van der Waals surface area contributed by atoms with Crippen LogP contribution in [0.15, 0.2) is 12.1 Å². The average Bonchev–Trinajstić information content (AvgIpc) is 3.30. The van der Waals surface area contributed by atoms with E-state index in [1.807, 2.05) is 0 Å². The number of rotatable bonds is 5. The number of benzene rings is 1. The molecule has 0 bridgehead atoms. The fourth-order valence-corrected chi connectivity index (χ4v) is 3.30. The quantitative estimate of drug-likeness (QED) is 0.893. The molecule has 0 unspecified atom stereocenters. The van der Waals surface area contributed by atoms with Crippen molar-refractivity contribution in [2.24, 2.45) is 5.92 Å². The summed E-state index contributed by atoms with van der Waals surface area (Å²) in [6.45, 7) is 0.366. The minimum Gasteiger partial charge on any atom is -0.490 e. The topological polar surface area (TPSA) is 46.5 Å². The molecule has 22 heavy (non-hydrogen) atoms. The maximum atomic E-state index is 14.2. The monoisotopic (exact) mass is 310 g/mol. The first kappa shape index (κ1) is 15.3. The Kier molecular flexibility index (Phi) is 4.06.